The van der Waals surface area contributed by atoms with E-state index in [1.54, 1.807) is 12.1 Å². The van der Waals surface area contributed by atoms with Crippen molar-refractivity contribution in [1.29, 1.82) is 5.26 Å². The van der Waals surface area contributed by atoms with Crippen LogP contribution in [0.1, 0.15) is 46.1 Å². The molecule has 1 atom stereocenters. The maximum Gasteiger partial charge on any atom is 0.269 e. The van der Waals surface area contributed by atoms with Crippen molar-refractivity contribution in [3.05, 3.63) is 111 Å². The van der Waals surface area contributed by atoms with Crippen LogP contribution in [0.15, 0.2) is 72.8 Å². The number of nitriles is 1. The number of rotatable bonds is 5. The molecule has 0 fully saturated rings. The zero-order valence-corrected chi connectivity index (χ0v) is 17.3. The molecule has 1 amide bonds. The predicted molar refractivity (Wildman–Crippen MR) is 119 cm³/mol. The van der Waals surface area contributed by atoms with Crippen LogP contribution >= 0.6 is 0 Å². The smallest absolute Gasteiger partial charge is 0.269 e. The molecule has 32 heavy (non-hydrogen) atoms. The number of benzene rings is 3. The van der Waals surface area contributed by atoms with E-state index in [-0.39, 0.29) is 23.4 Å². The van der Waals surface area contributed by atoms with E-state index in [2.05, 4.69) is 23.5 Å². The van der Waals surface area contributed by atoms with Crippen molar-refractivity contribution in [2.45, 2.75) is 24.7 Å². The van der Waals surface area contributed by atoms with Crippen molar-refractivity contribution in [1.82, 2.24) is 5.32 Å². The first-order chi connectivity index (χ1) is 15.5. The molecular formula is C26H21N3O3. The number of hydrogen-bond acceptors (Lipinski definition) is 4. The lowest BCUT2D eigenvalue weighted by atomic mass is 9.52. The molecule has 158 valence electrons. The first-order valence-corrected chi connectivity index (χ1v) is 10.7. The highest BCUT2D eigenvalue weighted by atomic mass is 16.6. The molecule has 0 heterocycles. The summed E-state index contributed by atoms with van der Waals surface area (Å²) in [6.45, 7) is 0.362. The van der Waals surface area contributed by atoms with E-state index < -0.39 is 10.3 Å². The number of nitrogens with zero attached hydrogens (tertiary/aromatic N) is 2. The molecule has 0 saturated carbocycles. The fourth-order valence-corrected chi connectivity index (χ4v) is 5.36. The fraction of sp³-hybridized carbons (Fsp3) is 0.231. The van der Waals surface area contributed by atoms with Gasteiger partial charge in [0.1, 0.15) is 5.41 Å². The second-order valence-electron chi connectivity index (χ2n) is 8.46. The molecule has 0 aliphatic heterocycles. The van der Waals surface area contributed by atoms with Crippen LogP contribution in [0, 0.1) is 26.9 Å². The molecule has 3 aliphatic rings. The number of carbonyl (C=O) groups is 1. The molecule has 0 aromatic heterocycles. The Balaban J connectivity index is 1.41. The summed E-state index contributed by atoms with van der Waals surface area (Å²) in [4.78, 5) is 23.9. The quantitative estimate of drug-likeness (QED) is 0.485. The summed E-state index contributed by atoms with van der Waals surface area (Å²) in [5, 5.41) is 24.1. The van der Waals surface area contributed by atoms with Crippen molar-refractivity contribution in [3.63, 3.8) is 0 Å². The standard InChI is InChI=1S/C26H21N3O3/c27-16-26(25(30)28-14-13-17-9-11-18(12-10-17)29(31)32)15-23-19-5-1-3-7-21(19)24(26)22-8-4-2-6-20(22)23/h1-12,23-24H,13-15H2,(H,28,30). The van der Waals surface area contributed by atoms with Crippen LogP contribution in [0.3, 0.4) is 0 Å². The molecule has 1 unspecified atom stereocenters. The van der Waals surface area contributed by atoms with E-state index in [0.29, 0.717) is 19.4 Å². The first-order valence-electron chi connectivity index (χ1n) is 10.7. The van der Waals surface area contributed by atoms with Crippen LogP contribution < -0.4 is 5.32 Å². The van der Waals surface area contributed by atoms with Gasteiger partial charge in [-0.2, -0.15) is 5.26 Å². The molecule has 6 heteroatoms. The van der Waals surface area contributed by atoms with Crippen molar-refractivity contribution in [2.24, 2.45) is 5.41 Å². The number of hydrogen-bond donors (Lipinski definition) is 1. The average molecular weight is 423 g/mol. The molecule has 3 aromatic carbocycles. The Labute approximate surface area is 185 Å². The molecular weight excluding hydrogens is 402 g/mol. The number of carbonyl (C=O) groups excluding carboxylic acids is 1. The molecule has 0 spiro atoms. The Morgan fingerprint density at radius 3 is 2.09 bits per heavy atom. The highest BCUT2D eigenvalue weighted by molar-refractivity contribution is 5.89. The minimum absolute atomic E-state index is 0.0208. The molecule has 0 saturated heterocycles. The Kier molecular flexibility index (Phi) is 4.75. The topological polar surface area (TPSA) is 96.0 Å². The Bertz CT molecular complexity index is 1210. The summed E-state index contributed by atoms with van der Waals surface area (Å²) in [5.74, 6) is -0.530. The predicted octanol–water partition coefficient (Wildman–Crippen LogP) is 4.44. The van der Waals surface area contributed by atoms with E-state index in [4.69, 9.17) is 0 Å². The van der Waals surface area contributed by atoms with Crippen LogP contribution in [0.2, 0.25) is 0 Å². The number of amides is 1. The third kappa shape index (κ3) is 2.97. The van der Waals surface area contributed by atoms with E-state index >= 15 is 0 Å². The molecule has 6 nitrogen and oxygen atoms in total. The van der Waals surface area contributed by atoms with Gasteiger partial charge in [0.2, 0.25) is 5.91 Å². The maximum absolute atomic E-state index is 13.5. The Hall–Kier alpha value is -3.98. The summed E-state index contributed by atoms with van der Waals surface area (Å²) in [5.41, 5.74) is 4.31. The first kappa shape index (κ1) is 20.0. The SMILES string of the molecule is N#CC1(C(=O)NCCc2ccc([N+](=O)[O-])cc2)CC2c3ccccc3C1c1ccccc12. The number of fused-ring (bicyclic) bond motifs is 1. The summed E-state index contributed by atoms with van der Waals surface area (Å²) >= 11 is 0. The van der Waals surface area contributed by atoms with Gasteiger partial charge in [0.25, 0.3) is 5.69 Å². The van der Waals surface area contributed by atoms with Crippen molar-refractivity contribution in [2.75, 3.05) is 6.54 Å². The van der Waals surface area contributed by atoms with Crippen molar-refractivity contribution < 1.29 is 9.72 Å². The lowest BCUT2D eigenvalue weighted by molar-refractivity contribution is -0.384. The lowest BCUT2D eigenvalue weighted by Gasteiger charge is -2.48. The molecule has 1 N–H and O–H groups in total. The third-order valence-corrected chi connectivity index (χ3v) is 6.83. The number of nitrogens with one attached hydrogen (secondary N) is 1. The van der Waals surface area contributed by atoms with Gasteiger partial charge in [-0.05, 0) is 40.7 Å². The molecule has 3 aliphatic carbocycles. The average Bonchev–Trinajstić information content (AvgIpc) is 2.84. The van der Waals surface area contributed by atoms with Gasteiger partial charge in [0.05, 0.1) is 11.0 Å². The van der Waals surface area contributed by atoms with Crippen LogP contribution in [0.25, 0.3) is 0 Å². The van der Waals surface area contributed by atoms with Crippen LogP contribution in [0.4, 0.5) is 5.69 Å². The van der Waals surface area contributed by atoms with Gasteiger partial charge >= 0.3 is 0 Å². The largest absolute Gasteiger partial charge is 0.354 e. The fourth-order valence-electron chi connectivity index (χ4n) is 5.36. The molecule has 6 rings (SSSR count). The summed E-state index contributed by atoms with van der Waals surface area (Å²) in [6.07, 6.45) is 0.998. The monoisotopic (exact) mass is 423 g/mol. The van der Waals surface area contributed by atoms with Gasteiger partial charge in [-0.1, -0.05) is 60.7 Å². The summed E-state index contributed by atoms with van der Waals surface area (Å²) < 4.78 is 0. The molecule has 0 radical (unpaired) electrons. The van der Waals surface area contributed by atoms with Crippen LogP contribution in [-0.4, -0.2) is 17.4 Å². The van der Waals surface area contributed by atoms with E-state index in [1.165, 1.54) is 23.3 Å². The second-order valence-corrected chi connectivity index (χ2v) is 8.46. The highest BCUT2D eigenvalue weighted by Crippen LogP contribution is 2.60. The summed E-state index contributed by atoms with van der Waals surface area (Å²) in [6, 6.07) is 25.0. The Morgan fingerprint density at radius 2 is 1.56 bits per heavy atom. The minimum atomic E-state index is -1.16. The third-order valence-electron chi connectivity index (χ3n) is 6.83. The minimum Gasteiger partial charge on any atom is -0.354 e. The normalized spacial score (nSPS) is 22.3. The zero-order chi connectivity index (χ0) is 22.3. The van der Waals surface area contributed by atoms with E-state index in [1.807, 2.05) is 36.4 Å². The lowest BCUT2D eigenvalue weighted by Crippen LogP contribution is -2.50. The maximum atomic E-state index is 13.5. The van der Waals surface area contributed by atoms with Crippen molar-refractivity contribution in [3.8, 4) is 6.07 Å². The molecule has 2 bridgehead atoms. The summed E-state index contributed by atoms with van der Waals surface area (Å²) in [7, 11) is 0. The van der Waals surface area contributed by atoms with Gasteiger partial charge < -0.3 is 5.32 Å². The number of nitro benzene ring substituents is 1. The zero-order valence-electron chi connectivity index (χ0n) is 17.3. The highest BCUT2D eigenvalue weighted by Gasteiger charge is 2.57. The van der Waals surface area contributed by atoms with Crippen molar-refractivity contribution >= 4 is 11.6 Å². The van der Waals surface area contributed by atoms with Gasteiger partial charge in [0, 0.05) is 30.5 Å². The van der Waals surface area contributed by atoms with Gasteiger partial charge in [-0.25, -0.2) is 0 Å². The van der Waals surface area contributed by atoms with Gasteiger partial charge in [-0.15, -0.1) is 0 Å². The second kappa shape index (κ2) is 7.61. The van der Waals surface area contributed by atoms with Gasteiger partial charge in [-0.3, -0.25) is 14.9 Å². The van der Waals surface area contributed by atoms with Crippen LogP contribution in [0.5, 0.6) is 0 Å². The number of non-ortho nitro benzene ring substituents is 1. The molecule has 3 aromatic rings. The Morgan fingerprint density at radius 1 is 1.00 bits per heavy atom. The van der Waals surface area contributed by atoms with E-state index in [9.17, 15) is 20.2 Å². The number of nitro groups is 1. The van der Waals surface area contributed by atoms with Crippen LogP contribution in [-0.2, 0) is 11.2 Å². The van der Waals surface area contributed by atoms with E-state index in [0.717, 1.165) is 16.7 Å². The van der Waals surface area contributed by atoms with Gasteiger partial charge in [0.15, 0.2) is 0 Å².